The van der Waals surface area contributed by atoms with Crippen LogP contribution in [0.4, 0.5) is 11.4 Å². The first-order valence-corrected chi connectivity index (χ1v) is 8.52. The van der Waals surface area contributed by atoms with E-state index in [9.17, 15) is 5.11 Å². The molecule has 1 atom stereocenters. The van der Waals surface area contributed by atoms with Gasteiger partial charge in [-0.1, -0.05) is 6.92 Å². The van der Waals surface area contributed by atoms with Gasteiger partial charge in [0.2, 0.25) is 0 Å². The summed E-state index contributed by atoms with van der Waals surface area (Å²) < 4.78 is 5.46. The fourth-order valence-corrected chi connectivity index (χ4v) is 3.35. The predicted octanol–water partition coefficient (Wildman–Crippen LogP) is 2.39. The van der Waals surface area contributed by atoms with Gasteiger partial charge in [-0.05, 0) is 45.2 Å². The summed E-state index contributed by atoms with van der Waals surface area (Å²) in [6.07, 6.45) is 3.04. The van der Waals surface area contributed by atoms with Crippen LogP contribution in [0, 0.1) is 0 Å². The SMILES string of the molecule is CC[C@H](NC1CCN(c2ccc(N)cc2OC)CC1)C(C)(C)O. The molecular formula is C18H31N3O2. The molecule has 1 saturated heterocycles. The Labute approximate surface area is 139 Å². The fraction of sp³-hybridized carbons (Fsp3) is 0.667. The van der Waals surface area contributed by atoms with E-state index in [-0.39, 0.29) is 6.04 Å². The average molecular weight is 321 g/mol. The summed E-state index contributed by atoms with van der Waals surface area (Å²) in [5, 5.41) is 13.9. The molecule has 1 aliphatic heterocycles. The molecule has 0 aliphatic carbocycles. The minimum absolute atomic E-state index is 0.130. The van der Waals surface area contributed by atoms with Crippen LogP contribution in [-0.4, -0.2) is 43.0 Å². The summed E-state index contributed by atoms with van der Waals surface area (Å²) >= 11 is 0. The average Bonchev–Trinajstić information content (AvgIpc) is 2.52. The van der Waals surface area contributed by atoms with E-state index in [2.05, 4.69) is 17.1 Å². The summed E-state index contributed by atoms with van der Waals surface area (Å²) in [4.78, 5) is 2.35. The highest BCUT2D eigenvalue weighted by atomic mass is 16.5. The summed E-state index contributed by atoms with van der Waals surface area (Å²) in [6.45, 7) is 7.82. The van der Waals surface area contributed by atoms with E-state index in [1.165, 1.54) is 0 Å². The Balaban J connectivity index is 1.96. The summed E-state index contributed by atoms with van der Waals surface area (Å²) in [6, 6.07) is 6.41. The van der Waals surface area contributed by atoms with E-state index in [0.717, 1.165) is 49.5 Å². The summed E-state index contributed by atoms with van der Waals surface area (Å²) in [7, 11) is 1.68. The second-order valence-electron chi connectivity index (χ2n) is 6.97. The molecule has 1 heterocycles. The van der Waals surface area contributed by atoms with Crippen molar-refractivity contribution < 1.29 is 9.84 Å². The van der Waals surface area contributed by atoms with Crippen LogP contribution in [0.1, 0.15) is 40.0 Å². The number of piperidine rings is 1. The number of anilines is 2. The maximum Gasteiger partial charge on any atom is 0.144 e. The highest BCUT2D eigenvalue weighted by Gasteiger charge is 2.29. The summed E-state index contributed by atoms with van der Waals surface area (Å²) in [5.74, 6) is 0.833. The number of nitrogens with one attached hydrogen (secondary N) is 1. The standard InChI is InChI=1S/C18H31N3O2/c1-5-17(18(2,3)22)20-14-8-10-21(11-9-14)15-7-6-13(19)12-16(15)23-4/h6-7,12,14,17,20,22H,5,8-11,19H2,1-4H3/t17-/m0/s1. The molecule has 1 aromatic rings. The molecule has 1 aromatic carbocycles. The van der Waals surface area contributed by atoms with Gasteiger partial charge in [0.25, 0.3) is 0 Å². The monoisotopic (exact) mass is 321 g/mol. The third kappa shape index (κ3) is 4.52. The van der Waals surface area contributed by atoms with Crippen LogP contribution in [-0.2, 0) is 0 Å². The molecule has 0 radical (unpaired) electrons. The first kappa shape index (κ1) is 17.9. The first-order valence-electron chi connectivity index (χ1n) is 8.52. The Kier molecular flexibility index (Phi) is 5.76. The number of rotatable bonds is 6. The molecule has 0 spiro atoms. The Hall–Kier alpha value is -1.46. The van der Waals surface area contributed by atoms with Crippen LogP contribution in [0.15, 0.2) is 18.2 Å². The number of nitrogens with zero attached hydrogens (tertiary/aromatic N) is 1. The molecule has 5 nitrogen and oxygen atoms in total. The van der Waals surface area contributed by atoms with Crippen LogP contribution in [0.25, 0.3) is 0 Å². The second kappa shape index (κ2) is 7.41. The number of benzene rings is 1. The molecule has 5 heteroatoms. The van der Waals surface area contributed by atoms with Gasteiger partial charge < -0.3 is 25.8 Å². The molecule has 1 aliphatic rings. The van der Waals surface area contributed by atoms with Gasteiger partial charge in [-0.25, -0.2) is 0 Å². The fourth-order valence-electron chi connectivity index (χ4n) is 3.35. The van der Waals surface area contributed by atoms with E-state index in [1.54, 1.807) is 7.11 Å². The molecule has 4 N–H and O–H groups in total. The number of nitrogens with two attached hydrogens (primary N) is 1. The van der Waals surface area contributed by atoms with Crippen LogP contribution in [0.5, 0.6) is 5.75 Å². The van der Waals surface area contributed by atoms with Gasteiger partial charge in [0.1, 0.15) is 5.75 Å². The van der Waals surface area contributed by atoms with Gasteiger partial charge in [0, 0.05) is 36.9 Å². The van der Waals surface area contributed by atoms with Crippen LogP contribution in [0.3, 0.4) is 0 Å². The molecule has 0 amide bonds. The molecule has 130 valence electrons. The maximum absolute atomic E-state index is 10.2. The molecule has 0 unspecified atom stereocenters. The Bertz CT molecular complexity index is 505. The number of hydrogen-bond acceptors (Lipinski definition) is 5. The van der Waals surface area contributed by atoms with Crippen molar-refractivity contribution in [3.8, 4) is 5.75 Å². The normalized spacial score (nSPS) is 18.0. The quantitative estimate of drug-likeness (QED) is 0.702. The number of methoxy groups -OCH3 is 1. The molecule has 0 aromatic heterocycles. The van der Waals surface area contributed by atoms with E-state index >= 15 is 0 Å². The van der Waals surface area contributed by atoms with Crippen molar-refractivity contribution >= 4 is 11.4 Å². The van der Waals surface area contributed by atoms with Crippen molar-refractivity contribution in [2.45, 2.75) is 57.7 Å². The zero-order valence-corrected chi connectivity index (χ0v) is 14.8. The van der Waals surface area contributed by atoms with Crippen LogP contribution >= 0.6 is 0 Å². The maximum atomic E-state index is 10.2. The molecule has 2 rings (SSSR count). The highest BCUT2D eigenvalue weighted by Crippen LogP contribution is 2.32. The van der Waals surface area contributed by atoms with Gasteiger partial charge in [-0.3, -0.25) is 0 Å². The van der Waals surface area contributed by atoms with E-state index in [4.69, 9.17) is 10.5 Å². The molecule has 23 heavy (non-hydrogen) atoms. The predicted molar refractivity (Wildman–Crippen MR) is 96.2 cm³/mol. The van der Waals surface area contributed by atoms with E-state index < -0.39 is 5.60 Å². The third-order valence-electron chi connectivity index (χ3n) is 4.74. The zero-order chi connectivity index (χ0) is 17.0. The van der Waals surface area contributed by atoms with Gasteiger partial charge in [-0.15, -0.1) is 0 Å². The molecule has 0 saturated carbocycles. The van der Waals surface area contributed by atoms with Crippen molar-refractivity contribution in [3.63, 3.8) is 0 Å². The van der Waals surface area contributed by atoms with Gasteiger partial charge in [0.05, 0.1) is 18.4 Å². The van der Waals surface area contributed by atoms with Crippen molar-refractivity contribution in [2.24, 2.45) is 0 Å². The lowest BCUT2D eigenvalue weighted by molar-refractivity contribution is 0.0301. The van der Waals surface area contributed by atoms with Gasteiger partial charge in [-0.2, -0.15) is 0 Å². The van der Waals surface area contributed by atoms with Crippen LogP contribution in [0.2, 0.25) is 0 Å². The Morgan fingerprint density at radius 3 is 2.57 bits per heavy atom. The number of hydrogen-bond donors (Lipinski definition) is 3. The van der Waals surface area contributed by atoms with E-state index in [1.807, 2.05) is 32.0 Å². The minimum atomic E-state index is -0.688. The van der Waals surface area contributed by atoms with Crippen LogP contribution < -0.4 is 20.7 Å². The smallest absolute Gasteiger partial charge is 0.144 e. The van der Waals surface area contributed by atoms with E-state index in [0.29, 0.717) is 6.04 Å². The Morgan fingerprint density at radius 1 is 1.39 bits per heavy atom. The number of ether oxygens (including phenoxy) is 1. The highest BCUT2D eigenvalue weighted by molar-refractivity contribution is 5.64. The minimum Gasteiger partial charge on any atom is -0.495 e. The largest absolute Gasteiger partial charge is 0.495 e. The molecule has 1 fully saturated rings. The molecular weight excluding hydrogens is 290 g/mol. The number of aliphatic hydroxyl groups is 1. The van der Waals surface area contributed by atoms with Crippen molar-refractivity contribution in [1.82, 2.24) is 5.32 Å². The lowest BCUT2D eigenvalue weighted by Gasteiger charge is -2.38. The lowest BCUT2D eigenvalue weighted by Crippen LogP contribution is -2.53. The molecule has 0 bridgehead atoms. The zero-order valence-electron chi connectivity index (χ0n) is 14.8. The topological polar surface area (TPSA) is 70.8 Å². The first-order chi connectivity index (χ1) is 10.8. The summed E-state index contributed by atoms with van der Waals surface area (Å²) in [5.41, 5.74) is 6.97. The lowest BCUT2D eigenvalue weighted by atomic mass is 9.93. The Morgan fingerprint density at radius 2 is 2.04 bits per heavy atom. The van der Waals surface area contributed by atoms with Crippen molar-refractivity contribution in [3.05, 3.63) is 18.2 Å². The number of nitrogen functional groups attached to an aromatic ring is 1. The van der Waals surface area contributed by atoms with Gasteiger partial charge >= 0.3 is 0 Å². The van der Waals surface area contributed by atoms with Gasteiger partial charge in [0.15, 0.2) is 0 Å². The third-order valence-corrected chi connectivity index (χ3v) is 4.74. The van der Waals surface area contributed by atoms with Crippen molar-refractivity contribution in [1.29, 1.82) is 0 Å². The van der Waals surface area contributed by atoms with Crippen molar-refractivity contribution in [2.75, 3.05) is 30.8 Å². The second-order valence-corrected chi connectivity index (χ2v) is 6.97.